The van der Waals surface area contributed by atoms with Crippen molar-refractivity contribution >= 4 is 0 Å². The van der Waals surface area contributed by atoms with Crippen LogP contribution in [0.5, 0.6) is 5.75 Å². The molecule has 0 aromatic heterocycles. The molecule has 0 amide bonds. The summed E-state index contributed by atoms with van der Waals surface area (Å²) in [6.07, 6.45) is 5.22. The Morgan fingerprint density at radius 3 is 2.84 bits per heavy atom. The summed E-state index contributed by atoms with van der Waals surface area (Å²) in [4.78, 5) is 0. The van der Waals surface area contributed by atoms with Crippen molar-refractivity contribution in [3.8, 4) is 5.75 Å². The fourth-order valence-electron chi connectivity index (χ4n) is 3.20. The Hall–Kier alpha value is -1.02. The van der Waals surface area contributed by atoms with E-state index in [1.54, 1.807) is 0 Å². The van der Waals surface area contributed by atoms with E-state index in [0.29, 0.717) is 6.04 Å². The molecule has 0 radical (unpaired) electrons. The van der Waals surface area contributed by atoms with Crippen molar-refractivity contribution in [2.45, 2.75) is 64.6 Å². The van der Waals surface area contributed by atoms with Crippen LogP contribution in [-0.4, -0.2) is 11.6 Å². The van der Waals surface area contributed by atoms with E-state index in [1.165, 1.54) is 30.4 Å². The van der Waals surface area contributed by atoms with Gasteiger partial charge < -0.3 is 10.1 Å². The quantitative estimate of drug-likeness (QED) is 0.890. The summed E-state index contributed by atoms with van der Waals surface area (Å²) in [6, 6.07) is 7.18. The highest BCUT2D eigenvalue weighted by atomic mass is 16.5. The molecule has 1 aromatic carbocycles. The number of rotatable bonds is 4. The van der Waals surface area contributed by atoms with E-state index in [0.717, 1.165) is 24.6 Å². The average Bonchev–Trinajstić information content (AvgIpc) is 2.58. The van der Waals surface area contributed by atoms with Gasteiger partial charge in [0.25, 0.3) is 0 Å². The summed E-state index contributed by atoms with van der Waals surface area (Å²) in [7, 11) is 0. The zero-order valence-electron chi connectivity index (χ0n) is 12.3. The van der Waals surface area contributed by atoms with Gasteiger partial charge in [0.2, 0.25) is 0 Å². The molecule has 1 heterocycles. The molecule has 2 nitrogen and oxygen atoms in total. The molecule has 1 fully saturated rings. The molecule has 1 atom stereocenters. The smallest absolute Gasteiger partial charge is 0.127 e. The molecule has 2 aliphatic rings. The maximum Gasteiger partial charge on any atom is 0.127 e. The van der Waals surface area contributed by atoms with Crippen LogP contribution in [0.3, 0.4) is 0 Å². The van der Waals surface area contributed by atoms with E-state index in [-0.39, 0.29) is 5.60 Å². The predicted molar refractivity (Wildman–Crippen MR) is 78.5 cm³/mol. The minimum Gasteiger partial charge on any atom is -0.487 e. The fourth-order valence-corrected chi connectivity index (χ4v) is 3.20. The molecule has 1 unspecified atom stereocenters. The molecule has 1 aliphatic carbocycles. The number of hydrogen-bond donors (Lipinski definition) is 1. The Morgan fingerprint density at radius 1 is 1.37 bits per heavy atom. The summed E-state index contributed by atoms with van der Waals surface area (Å²) >= 11 is 0. The van der Waals surface area contributed by atoms with E-state index >= 15 is 0 Å². The molecule has 1 aliphatic heterocycles. The van der Waals surface area contributed by atoms with Crippen molar-refractivity contribution in [3.63, 3.8) is 0 Å². The first-order valence-corrected chi connectivity index (χ1v) is 7.58. The van der Waals surface area contributed by atoms with Crippen LogP contribution in [0, 0.1) is 5.92 Å². The van der Waals surface area contributed by atoms with Gasteiger partial charge in [0, 0.05) is 24.6 Å². The first kappa shape index (κ1) is 13.0. The summed E-state index contributed by atoms with van der Waals surface area (Å²) in [5.41, 5.74) is 2.63. The molecule has 1 N–H and O–H groups in total. The van der Waals surface area contributed by atoms with Crippen molar-refractivity contribution in [1.82, 2.24) is 5.32 Å². The van der Waals surface area contributed by atoms with Crippen LogP contribution in [0.15, 0.2) is 18.2 Å². The van der Waals surface area contributed by atoms with Crippen molar-refractivity contribution in [2.75, 3.05) is 0 Å². The SMILES string of the molecule is CC(NCc1cccc2c1OC(C)(C)C2)C1CCC1. The highest BCUT2D eigenvalue weighted by Crippen LogP contribution is 2.37. The Kier molecular flexibility index (Phi) is 3.30. The molecular formula is C17H25NO. The lowest BCUT2D eigenvalue weighted by atomic mass is 9.80. The van der Waals surface area contributed by atoms with Crippen LogP contribution in [0.2, 0.25) is 0 Å². The summed E-state index contributed by atoms with van der Waals surface area (Å²) in [6.45, 7) is 7.58. The second-order valence-electron chi connectivity index (χ2n) is 6.80. The summed E-state index contributed by atoms with van der Waals surface area (Å²) in [5.74, 6) is 2.01. The monoisotopic (exact) mass is 259 g/mol. The van der Waals surface area contributed by atoms with Crippen molar-refractivity contribution in [1.29, 1.82) is 0 Å². The fraction of sp³-hybridized carbons (Fsp3) is 0.647. The van der Waals surface area contributed by atoms with Crippen molar-refractivity contribution in [2.24, 2.45) is 5.92 Å². The van der Waals surface area contributed by atoms with Gasteiger partial charge in [-0.25, -0.2) is 0 Å². The van der Waals surface area contributed by atoms with Gasteiger partial charge in [0.05, 0.1) is 0 Å². The minimum absolute atomic E-state index is 0.0436. The standard InChI is InChI=1S/C17H25NO/c1-12(13-6-4-7-13)18-11-15-9-5-8-14-10-17(2,3)19-16(14)15/h5,8-9,12-13,18H,4,6-7,10-11H2,1-3H3. The lowest BCUT2D eigenvalue weighted by molar-refractivity contribution is 0.136. The van der Waals surface area contributed by atoms with Crippen LogP contribution in [0.4, 0.5) is 0 Å². The normalized spacial score (nSPS) is 22.5. The number of para-hydroxylation sites is 1. The lowest BCUT2D eigenvalue weighted by Crippen LogP contribution is -2.36. The zero-order valence-corrected chi connectivity index (χ0v) is 12.3. The van der Waals surface area contributed by atoms with Crippen LogP contribution in [0.1, 0.15) is 51.2 Å². The first-order valence-electron chi connectivity index (χ1n) is 7.58. The van der Waals surface area contributed by atoms with Gasteiger partial charge in [-0.2, -0.15) is 0 Å². The molecule has 2 heteroatoms. The van der Waals surface area contributed by atoms with Crippen LogP contribution >= 0.6 is 0 Å². The van der Waals surface area contributed by atoms with Crippen LogP contribution in [0.25, 0.3) is 0 Å². The Balaban J connectivity index is 1.67. The summed E-state index contributed by atoms with van der Waals surface area (Å²) in [5, 5.41) is 3.68. The molecule has 3 rings (SSSR count). The third kappa shape index (κ3) is 2.64. The van der Waals surface area contributed by atoms with Gasteiger partial charge in [-0.3, -0.25) is 0 Å². The second kappa shape index (κ2) is 4.82. The van der Waals surface area contributed by atoms with E-state index in [9.17, 15) is 0 Å². The van der Waals surface area contributed by atoms with Crippen LogP contribution in [-0.2, 0) is 13.0 Å². The van der Waals surface area contributed by atoms with Crippen molar-refractivity contribution < 1.29 is 4.74 Å². The highest BCUT2D eigenvalue weighted by Gasteiger charge is 2.31. The third-order valence-corrected chi connectivity index (χ3v) is 4.64. The van der Waals surface area contributed by atoms with E-state index in [2.05, 4.69) is 44.3 Å². The molecule has 1 aromatic rings. The maximum atomic E-state index is 6.12. The molecule has 1 saturated carbocycles. The van der Waals surface area contributed by atoms with Gasteiger partial charge in [0.15, 0.2) is 0 Å². The molecular weight excluding hydrogens is 234 g/mol. The Morgan fingerprint density at radius 2 is 2.16 bits per heavy atom. The van der Waals surface area contributed by atoms with E-state index in [1.807, 2.05) is 0 Å². The lowest BCUT2D eigenvalue weighted by Gasteiger charge is -2.32. The number of fused-ring (bicyclic) bond motifs is 1. The summed E-state index contributed by atoms with van der Waals surface area (Å²) < 4.78 is 6.12. The van der Waals surface area contributed by atoms with Gasteiger partial charge in [-0.1, -0.05) is 24.6 Å². The number of benzene rings is 1. The van der Waals surface area contributed by atoms with Crippen LogP contribution < -0.4 is 10.1 Å². The van der Waals surface area contributed by atoms with Crippen molar-refractivity contribution in [3.05, 3.63) is 29.3 Å². The maximum absolute atomic E-state index is 6.12. The Bertz CT molecular complexity index is 462. The Labute approximate surface area is 116 Å². The van der Waals surface area contributed by atoms with Gasteiger partial charge in [0.1, 0.15) is 11.4 Å². The van der Waals surface area contributed by atoms with Gasteiger partial charge >= 0.3 is 0 Å². The van der Waals surface area contributed by atoms with Gasteiger partial charge in [-0.05, 0) is 45.1 Å². The minimum atomic E-state index is -0.0436. The highest BCUT2D eigenvalue weighted by molar-refractivity contribution is 5.45. The first-order chi connectivity index (χ1) is 9.05. The van der Waals surface area contributed by atoms with Gasteiger partial charge in [-0.15, -0.1) is 0 Å². The third-order valence-electron chi connectivity index (χ3n) is 4.64. The molecule has 19 heavy (non-hydrogen) atoms. The van der Waals surface area contributed by atoms with E-state index < -0.39 is 0 Å². The average molecular weight is 259 g/mol. The topological polar surface area (TPSA) is 21.3 Å². The number of nitrogens with one attached hydrogen (secondary N) is 1. The molecule has 104 valence electrons. The molecule has 0 spiro atoms. The number of hydrogen-bond acceptors (Lipinski definition) is 2. The second-order valence-corrected chi connectivity index (χ2v) is 6.80. The van der Waals surface area contributed by atoms with E-state index in [4.69, 9.17) is 4.74 Å². The predicted octanol–water partition coefficient (Wildman–Crippen LogP) is 3.68. The molecule has 0 bridgehead atoms. The zero-order chi connectivity index (χ0) is 13.5. The largest absolute Gasteiger partial charge is 0.487 e. The number of ether oxygens (including phenoxy) is 1. The molecule has 0 saturated heterocycles.